The summed E-state index contributed by atoms with van der Waals surface area (Å²) in [5, 5.41) is 17.4. The summed E-state index contributed by atoms with van der Waals surface area (Å²) in [5.41, 5.74) is -1.24. The first-order chi connectivity index (χ1) is 6.29. The van der Waals surface area contributed by atoms with E-state index in [0.717, 1.165) is 6.42 Å². The van der Waals surface area contributed by atoms with Crippen LogP contribution in [0.5, 0.6) is 0 Å². The smallest absolute Gasteiger partial charge is 0.101 e. The van der Waals surface area contributed by atoms with Gasteiger partial charge in [-0.15, -0.1) is 0 Å². The van der Waals surface area contributed by atoms with Gasteiger partial charge in [0.05, 0.1) is 5.60 Å². The van der Waals surface area contributed by atoms with Crippen LogP contribution in [0, 0.1) is 5.92 Å². The summed E-state index contributed by atoms with van der Waals surface area (Å²) in [5.74, 6) is 0.120. The minimum atomic E-state index is -0.620. The predicted molar refractivity (Wildman–Crippen MR) is 54.0 cm³/mol. The van der Waals surface area contributed by atoms with Gasteiger partial charge in [0.15, 0.2) is 0 Å². The molecule has 0 aromatic rings. The Labute approximate surface area is 85.7 Å². The zero-order valence-electron chi connectivity index (χ0n) is 9.70. The summed E-state index contributed by atoms with van der Waals surface area (Å²) in [6.45, 7) is 9.23. The Morgan fingerprint density at radius 2 is 1.57 bits per heavy atom. The SMILES string of the molecule is CCC(CC(C)(C)OO)C(C)(C)OO. The van der Waals surface area contributed by atoms with E-state index >= 15 is 0 Å². The molecule has 0 aliphatic rings. The molecular weight excluding hydrogens is 184 g/mol. The molecule has 4 heteroatoms. The molecule has 4 nitrogen and oxygen atoms in total. The average molecular weight is 206 g/mol. The van der Waals surface area contributed by atoms with E-state index in [1.54, 1.807) is 13.8 Å². The molecule has 14 heavy (non-hydrogen) atoms. The van der Waals surface area contributed by atoms with Crippen LogP contribution in [0.3, 0.4) is 0 Å². The van der Waals surface area contributed by atoms with Gasteiger partial charge in [0, 0.05) is 0 Å². The molecule has 0 saturated heterocycles. The van der Waals surface area contributed by atoms with Crippen LogP contribution < -0.4 is 0 Å². The van der Waals surface area contributed by atoms with Crippen molar-refractivity contribution in [2.45, 2.75) is 58.7 Å². The van der Waals surface area contributed by atoms with E-state index in [1.807, 2.05) is 20.8 Å². The first-order valence-corrected chi connectivity index (χ1v) is 4.94. The third-order valence-corrected chi connectivity index (χ3v) is 2.70. The molecule has 0 heterocycles. The van der Waals surface area contributed by atoms with Gasteiger partial charge < -0.3 is 0 Å². The van der Waals surface area contributed by atoms with E-state index < -0.39 is 11.2 Å². The van der Waals surface area contributed by atoms with Crippen molar-refractivity contribution in [3.63, 3.8) is 0 Å². The maximum atomic E-state index is 8.76. The summed E-state index contributed by atoms with van der Waals surface area (Å²) in [6, 6.07) is 0. The first kappa shape index (κ1) is 13.8. The average Bonchev–Trinajstić information content (AvgIpc) is 2.14. The van der Waals surface area contributed by atoms with Crippen molar-refractivity contribution in [1.29, 1.82) is 0 Å². The summed E-state index contributed by atoms with van der Waals surface area (Å²) >= 11 is 0. The predicted octanol–water partition coefficient (Wildman–Crippen LogP) is 2.94. The van der Waals surface area contributed by atoms with E-state index in [1.165, 1.54) is 0 Å². The fourth-order valence-corrected chi connectivity index (χ4v) is 1.59. The Kier molecular flexibility index (Phi) is 5.01. The van der Waals surface area contributed by atoms with Crippen molar-refractivity contribution in [3.05, 3.63) is 0 Å². The number of hydrogen-bond acceptors (Lipinski definition) is 4. The monoisotopic (exact) mass is 206 g/mol. The Bertz CT molecular complexity index is 166. The first-order valence-electron chi connectivity index (χ1n) is 4.94. The van der Waals surface area contributed by atoms with Crippen LogP contribution in [0.15, 0.2) is 0 Å². The Morgan fingerprint density at radius 3 is 1.86 bits per heavy atom. The second kappa shape index (κ2) is 5.07. The largest absolute Gasteiger partial charge is 0.251 e. The molecule has 1 unspecified atom stereocenters. The minimum Gasteiger partial charge on any atom is -0.251 e. The second-order valence-electron chi connectivity index (χ2n) is 4.86. The molecule has 86 valence electrons. The fraction of sp³-hybridized carbons (Fsp3) is 1.00. The summed E-state index contributed by atoms with van der Waals surface area (Å²) in [6.07, 6.45) is 1.47. The lowest BCUT2D eigenvalue weighted by molar-refractivity contribution is -0.344. The molecular formula is C10H22O4. The molecule has 0 bridgehead atoms. The van der Waals surface area contributed by atoms with Crippen LogP contribution >= 0.6 is 0 Å². The van der Waals surface area contributed by atoms with Crippen LogP contribution in [0.4, 0.5) is 0 Å². The quantitative estimate of drug-likeness (QED) is 0.518. The molecule has 0 aromatic carbocycles. The van der Waals surface area contributed by atoms with Gasteiger partial charge in [-0.3, -0.25) is 10.5 Å². The normalized spacial score (nSPS) is 15.6. The molecule has 2 N–H and O–H groups in total. The van der Waals surface area contributed by atoms with Crippen LogP contribution in [0.2, 0.25) is 0 Å². The molecule has 0 spiro atoms. The highest BCUT2D eigenvalue weighted by Gasteiger charge is 2.35. The van der Waals surface area contributed by atoms with E-state index in [-0.39, 0.29) is 5.92 Å². The van der Waals surface area contributed by atoms with Gasteiger partial charge in [-0.25, -0.2) is 9.78 Å². The maximum Gasteiger partial charge on any atom is 0.101 e. The zero-order valence-corrected chi connectivity index (χ0v) is 9.70. The van der Waals surface area contributed by atoms with Gasteiger partial charge in [-0.05, 0) is 40.0 Å². The van der Waals surface area contributed by atoms with E-state index in [2.05, 4.69) is 9.78 Å². The van der Waals surface area contributed by atoms with E-state index in [4.69, 9.17) is 10.5 Å². The molecule has 0 aromatic heterocycles. The Morgan fingerprint density at radius 1 is 1.07 bits per heavy atom. The lowest BCUT2D eigenvalue weighted by Crippen LogP contribution is -2.39. The molecule has 0 rings (SSSR count). The maximum absolute atomic E-state index is 8.76. The number of hydrogen-bond donors (Lipinski definition) is 2. The number of rotatable bonds is 6. The molecule has 1 atom stereocenters. The Hall–Kier alpha value is -0.160. The van der Waals surface area contributed by atoms with Crippen molar-refractivity contribution >= 4 is 0 Å². The van der Waals surface area contributed by atoms with Gasteiger partial charge in [-0.2, -0.15) is 0 Å². The van der Waals surface area contributed by atoms with Crippen molar-refractivity contribution in [3.8, 4) is 0 Å². The van der Waals surface area contributed by atoms with Gasteiger partial charge >= 0.3 is 0 Å². The Balaban J connectivity index is 4.44. The van der Waals surface area contributed by atoms with Crippen molar-refractivity contribution in [2.75, 3.05) is 0 Å². The van der Waals surface area contributed by atoms with Gasteiger partial charge in [0.25, 0.3) is 0 Å². The minimum absolute atomic E-state index is 0.120. The zero-order chi connectivity index (χ0) is 11.4. The molecule has 0 aliphatic carbocycles. The van der Waals surface area contributed by atoms with Crippen molar-refractivity contribution < 1.29 is 20.3 Å². The molecule has 0 radical (unpaired) electrons. The fourth-order valence-electron chi connectivity index (χ4n) is 1.59. The summed E-state index contributed by atoms with van der Waals surface area (Å²) < 4.78 is 0. The molecule has 0 aliphatic heterocycles. The highest BCUT2D eigenvalue weighted by Crippen LogP contribution is 2.32. The molecule has 0 fully saturated rings. The molecule has 0 saturated carbocycles. The van der Waals surface area contributed by atoms with Crippen LogP contribution in [-0.4, -0.2) is 21.7 Å². The molecule has 0 amide bonds. The second-order valence-corrected chi connectivity index (χ2v) is 4.86. The third kappa shape index (κ3) is 3.92. The standard InChI is InChI=1S/C10H22O4/c1-6-8(10(4,5)14-12)7-9(2,3)13-11/h8,11-12H,6-7H2,1-5H3. The van der Waals surface area contributed by atoms with Gasteiger partial charge in [-0.1, -0.05) is 13.3 Å². The van der Waals surface area contributed by atoms with Gasteiger partial charge in [0.2, 0.25) is 0 Å². The van der Waals surface area contributed by atoms with Crippen molar-refractivity contribution in [1.82, 2.24) is 0 Å². The highest BCUT2D eigenvalue weighted by atomic mass is 17.1. The summed E-state index contributed by atoms with van der Waals surface area (Å²) in [7, 11) is 0. The third-order valence-electron chi connectivity index (χ3n) is 2.70. The van der Waals surface area contributed by atoms with Crippen molar-refractivity contribution in [2.24, 2.45) is 5.92 Å². The van der Waals surface area contributed by atoms with Crippen LogP contribution in [0.1, 0.15) is 47.5 Å². The highest BCUT2D eigenvalue weighted by molar-refractivity contribution is 4.83. The summed E-state index contributed by atoms with van der Waals surface area (Å²) in [4.78, 5) is 8.82. The van der Waals surface area contributed by atoms with Crippen LogP contribution in [-0.2, 0) is 9.78 Å². The van der Waals surface area contributed by atoms with Crippen LogP contribution in [0.25, 0.3) is 0 Å². The van der Waals surface area contributed by atoms with E-state index in [0.29, 0.717) is 6.42 Å². The lowest BCUT2D eigenvalue weighted by Gasteiger charge is -2.34. The van der Waals surface area contributed by atoms with Gasteiger partial charge in [0.1, 0.15) is 5.60 Å². The van der Waals surface area contributed by atoms with E-state index in [9.17, 15) is 0 Å². The topological polar surface area (TPSA) is 58.9 Å². The lowest BCUT2D eigenvalue weighted by atomic mass is 9.81.